The van der Waals surface area contributed by atoms with E-state index < -0.39 is 22.5 Å². The van der Waals surface area contributed by atoms with Crippen LogP contribution in [-0.4, -0.2) is 38.1 Å². The van der Waals surface area contributed by atoms with Crippen molar-refractivity contribution in [3.8, 4) is 0 Å². The lowest BCUT2D eigenvalue weighted by Crippen LogP contribution is -2.37. The first kappa shape index (κ1) is 17.7. The third-order valence-corrected chi connectivity index (χ3v) is 4.23. The van der Waals surface area contributed by atoms with Crippen LogP contribution in [0.3, 0.4) is 0 Å². The number of aromatic nitrogens is 1. The maximum absolute atomic E-state index is 12.2. The van der Waals surface area contributed by atoms with Crippen LogP contribution in [0, 0.1) is 6.92 Å². The molecule has 0 fully saturated rings. The maximum atomic E-state index is 12.2. The van der Waals surface area contributed by atoms with Gasteiger partial charge in [-0.1, -0.05) is 17.3 Å². The molecule has 2 rings (SSSR count). The Morgan fingerprint density at radius 3 is 2.54 bits per heavy atom. The molecule has 0 unspecified atom stereocenters. The zero-order valence-corrected chi connectivity index (χ0v) is 14.3. The lowest BCUT2D eigenvalue weighted by Gasteiger charge is -2.18. The van der Waals surface area contributed by atoms with Crippen molar-refractivity contribution in [1.29, 1.82) is 0 Å². The average Bonchev–Trinajstić information content (AvgIpc) is 2.90. The molecule has 0 saturated carbocycles. The van der Waals surface area contributed by atoms with Gasteiger partial charge in [-0.05, 0) is 26.0 Å². The minimum atomic E-state index is -3.72. The van der Waals surface area contributed by atoms with Crippen LogP contribution >= 0.6 is 0 Å². The smallest absolute Gasteiger partial charge is 0.245 e. The number of ketones is 1. The minimum absolute atomic E-state index is 0.0302. The van der Waals surface area contributed by atoms with Gasteiger partial charge < -0.3 is 9.84 Å². The fourth-order valence-corrected chi connectivity index (χ4v) is 2.76. The van der Waals surface area contributed by atoms with E-state index in [-0.39, 0.29) is 11.6 Å². The van der Waals surface area contributed by atoms with Gasteiger partial charge in [0.25, 0.3) is 0 Å². The van der Waals surface area contributed by atoms with E-state index in [9.17, 15) is 18.0 Å². The van der Waals surface area contributed by atoms with Crippen LogP contribution < -0.4 is 9.62 Å². The Morgan fingerprint density at radius 2 is 2.00 bits per heavy atom. The Labute approximate surface area is 139 Å². The molecule has 1 heterocycles. The fraction of sp³-hybridized carbons (Fsp3) is 0.267. The van der Waals surface area contributed by atoms with E-state index in [0.717, 1.165) is 10.6 Å². The highest BCUT2D eigenvalue weighted by molar-refractivity contribution is 7.92. The van der Waals surface area contributed by atoms with Crippen LogP contribution in [0.2, 0.25) is 0 Å². The van der Waals surface area contributed by atoms with Crippen molar-refractivity contribution < 1.29 is 22.5 Å². The second-order valence-electron chi connectivity index (χ2n) is 5.25. The summed E-state index contributed by atoms with van der Waals surface area (Å²) in [5, 5.41) is 6.19. The third kappa shape index (κ3) is 4.42. The predicted octanol–water partition coefficient (Wildman–Crippen LogP) is 1.59. The Balaban J connectivity index is 2.17. The molecule has 1 aromatic carbocycles. The Bertz CT molecular complexity index is 873. The molecule has 24 heavy (non-hydrogen) atoms. The number of nitrogens with one attached hydrogen (secondary N) is 1. The number of nitrogens with zero attached hydrogens (tertiary/aromatic N) is 2. The molecule has 1 aromatic heterocycles. The standard InChI is InChI=1S/C15H17N3O5S/c1-10-7-14(17-23-10)18(24(3,21)22)9-15(20)16-13-6-4-5-12(8-13)11(2)19/h4-8H,9H2,1-3H3,(H,16,20). The molecule has 128 valence electrons. The molecule has 0 atom stereocenters. The van der Waals surface area contributed by atoms with Gasteiger partial charge in [-0.3, -0.25) is 9.59 Å². The molecule has 0 radical (unpaired) electrons. The van der Waals surface area contributed by atoms with Crippen LogP contribution in [0.25, 0.3) is 0 Å². The minimum Gasteiger partial charge on any atom is -0.360 e. The molecule has 9 heteroatoms. The summed E-state index contributed by atoms with van der Waals surface area (Å²) < 4.78 is 29.5. The molecule has 8 nitrogen and oxygen atoms in total. The molecule has 1 amide bonds. The van der Waals surface area contributed by atoms with Gasteiger partial charge in [-0.25, -0.2) is 12.7 Å². The fourth-order valence-electron chi connectivity index (χ4n) is 1.99. The van der Waals surface area contributed by atoms with Crippen molar-refractivity contribution in [2.45, 2.75) is 13.8 Å². The number of benzene rings is 1. The number of Topliss-reactive ketones (excluding diaryl/α,β-unsaturated/α-hetero) is 1. The lowest BCUT2D eigenvalue weighted by atomic mass is 10.1. The van der Waals surface area contributed by atoms with Crippen molar-refractivity contribution in [3.63, 3.8) is 0 Å². The third-order valence-electron chi connectivity index (χ3n) is 3.11. The summed E-state index contributed by atoms with van der Waals surface area (Å²) >= 11 is 0. The van der Waals surface area contributed by atoms with E-state index in [1.807, 2.05) is 0 Å². The summed E-state index contributed by atoms with van der Waals surface area (Å²) in [6.07, 6.45) is 0.973. The number of rotatable bonds is 6. The van der Waals surface area contributed by atoms with Crippen molar-refractivity contribution in [1.82, 2.24) is 5.16 Å². The first-order valence-corrected chi connectivity index (χ1v) is 8.83. The molecule has 0 aliphatic rings. The highest BCUT2D eigenvalue weighted by atomic mass is 32.2. The van der Waals surface area contributed by atoms with Gasteiger partial charge in [0.1, 0.15) is 12.3 Å². The molecule has 0 aliphatic carbocycles. The van der Waals surface area contributed by atoms with Crippen molar-refractivity contribution in [3.05, 3.63) is 41.7 Å². The van der Waals surface area contributed by atoms with Crippen molar-refractivity contribution in [2.24, 2.45) is 0 Å². The summed E-state index contributed by atoms with van der Waals surface area (Å²) in [5.74, 6) is -0.250. The van der Waals surface area contributed by atoms with Crippen LogP contribution in [0.1, 0.15) is 23.0 Å². The zero-order valence-electron chi connectivity index (χ0n) is 13.4. The number of hydrogen-bond donors (Lipinski definition) is 1. The second-order valence-corrected chi connectivity index (χ2v) is 7.16. The van der Waals surface area contributed by atoms with Crippen molar-refractivity contribution in [2.75, 3.05) is 22.4 Å². The van der Waals surface area contributed by atoms with E-state index >= 15 is 0 Å². The molecule has 0 spiro atoms. The van der Waals surface area contributed by atoms with E-state index in [1.54, 1.807) is 25.1 Å². The van der Waals surface area contributed by atoms with E-state index in [2.05, 4.69) is 10.5 Å². The van der Waals surface area contributed by atoms with Crippen molar-refractivity contribution >= 4 is 33.2 Å². The number of amides is 1. The number of carbonyl (C=O) groups is 2. The average molecular weight is 351 g/mol. The Kier molecular flexibility index (Phi) is 5.03. The number of carbonyl (C=O) groups excluding carboxylic acids is 2. The number of anilines is 2. The number of hydrogen-bond acceptors (Lipinski definition) is 6. The van der Waals surface area contributed by atoms with E-state index in [1.165, 1.54) is 19.1 Å². The summed E-state index contributed by atoms with van der Waals surface area (Å²) in [6.45, 7) is 2.57. The highest BCUT2D eigenvalue weighted by Crippen LogP contribution is 2.17. The van der Waals surface area contributed by atoms with E-state index in [4.69, 9.17) is 4.52 Å². The quantitative estimate of drug-likeness (QED) is 0.792. The normalized spacial score (nSPS) is 11.1. The number of sulfonamides is 1. The highest BCUT2D eigenvalue weighted by Gasteiger charge is 2.23. The molecule has 1 N–H and O–H groups in total. The maximum Gasteiger partial charge on any atom is 0.245 e. The van der Waals surface area contributed by atoms with Gasteiger partial charge in [-0.15, -0.1) is 0 Å². The molecule has 0 aliphatic heterocycles. The predicted molar refractivity (Wildman–Crippen MR) is 88.5 cm³/mol. The van der Waals surface area contributed by atoms with Gasteiger partial charge in [0.05, 0.1) is 6.26 Å². The largest absolute Gasteiger partial charge is 0.360 e. The molecule has 0 bridgehead atoms. The topological polar surface area (TPSA) is 110 Å². The summed E-state index contributed by atoms with van der Waals surface area (Å²) in [6, 6.07) is 7.80. The van der Waals surface area contributed by atoms with Gasteiger partial charge in [0.15, 0.2) is 11.6 Å². The molecule has 0 saturated heterocycles. The summed E-state index contributed by atoms with van der Waals surface area (Å²) in [7, 11) is -3.72. The Hall–Kier alpha value is -2.68. The SMILES string of the molecule is CC(=O)c1cccc(NC(=O)CN(c2cc(C)on2)S(C)(=O)=O)c1. The molecular weight excluding hydrogens is 334 g/mol. The van der Waals surface area contributed by atoms with Gasteiger partial charge in [-0.2, -0.15) is 0 Å². The van der Waals surface area contributed by atoms with Crippen LogP contribution in [-0.2, 0) is 14.8 Å². The molecule has 2 aromatic rings. The summed E-state index contributed by atoms with van der Waals surface area (Å²) in [4.78, 5) is 23.5. The first-order chi connectivity index (χ1) is 11.2. The monoisotopic (exact) mass is 351 g/mol. The lowest BCUT2D eigenvalue weighted by molar-refractivity contribution is -0.114. The van der Waals surface area contributed by atoms with E-state index in [0.29, 0.717) is 17.0 Å². The number of aryl methyl sites for hydroxylation is 1. The van der Waals surface area contributed by atoms with Gasteiger partial charge >= 0.3 is 0 Å². The van der Waals surface area contributed by atoms with Crippen LogP contribution in [0.4, 0.5) is 11.5 Å². The van der Waals surface area contributed by atoms with Crippen LogP contribution in [0.15, 0.2) is 34.9 Å². The summed E-state index contributed by atoms with van der Waals surface area (Å²) in [5.41, 5.74) is 0.845. The molecular formula is C15H17N3O5S. The Morgan fingerprint density at radius 1 is 1.29 bits per heavy atom. The van der Waals surface area contributed by atoms with Gasteiger partial charge in [0.2, 0.25) is 15.9 Å². The van der Waals surface area contributed by atoms with Gasteiger partial charge in [0, 0.05) is 17.3 Å². The first-order valence-electron chi connectivity index (χ1n) is 6.98. The second kappa shape index (κ2) is 6.83. The zero-order chi connectivity index (χ0) is 17.9. The van der Waals surface area contributed by atoms with Crippen LogP contribution in [0.5, 0.6) is 0 Å².